The molecule has 0 radical (unpaired) electrons. The van der Waals surface area contributed by atoms with E-state index in [0.717, 1.165) is 12.5 Å². The maximum Gasteiger partial charge on any atom is 0.270 e. The molecular weight excluding hydrogens is 284 g/mol. The zero-order valence-corrected chi connectivity index (χ0v) is 11.8. The predicted molar refractivity (Wildman–Crippen MR) is 71.8 cm³/mol. The second kappa shape index (κ2) is 5.12. The van der Waals surface area contributed by atoms with E-state index < -0.39 is 20.5 Å². The number of nitrogens with zero attached hydrogens (tertiary/aromatic N) is 1. The van der Waals surface area contributed by atoms with Gasteiger partial charge in [0.2, 0.25) is 10.0 Å². The number of non-ortho nitro benzene ring substituents is 1. The van der Waals surface area contributed by atoms with Gasteiger partial charge in [-0.1, -0.05) is 6.07 Å². The number of rotatable bonds is 5. The van der Waals surface area contributed by atoms with Gasteiger partial charge in [0.25, 0.3) is 5.69 Å². The van der Waals surface area contributed by atoms with E-state index in [-0.39, 0.29) is 17.2 Å². The number of nitro benzene ring substituents is 1. The number of aryl methyl sites for hydroxylation is 1. The third-order valence-electron chi connectivity index (χ3n) is 3.64. The summed E-state index contributed by atoms with van der Waals surface area (Å²) in [6.07, 6.45) is 1.98. The Morgan fingerprint density at radius 3 is 2.55 bits per heavy atom. The van der Waals surface area contributed by atoms with Gasteiger partial charge in [-0.2, -0.15) is 0 Å². The van der Waals surface area contributed by atoms with Crippen LogP contribution in [0.1, 0.15) is 24.8 Å². The zero-order chi connectivity index (χ0) is 15.0. The van der Waals surface area contributed by atoms with Gasteiger partial charge in [0.05, 0.1) is 22.0 Å². The summed E-state index contributed by atoms with van der Waals surface area (Å²) in [5.41, 5.74) is -0.672. The van der Waals surface area contributed by atoms with E-state index in [1.807, 2.05) is 0 Å². The lowest BCUT2D eigenvalue weighted by atomic mass is 9.78. The number of nitro groups is 1. The molecule has 2 N–H and O–H groups in total. The minimum absolute atomic E-state index is 0.119. The molecular formula is C12H16N2O5S. The predicted octanol–water partition coefficient (Wildman–Crippen LogP) is 1.10. The summed E-state index contributed by atoms with van der Waals surface area (Å²) in [6, 6.07) is 3.71. The lowest BCUT2D eigenvalue weighted by Crippen LogP contribution is -2.56. The molecule has 1 aliphatic rings. The van der Waals surface area contributed by atoms with Crippen LogP contribution in [-0.2, 0) is 10.0 Å². The summed E-state index contributed by atoms with van der Waals surface area (Å²) in [6.45, 7) is 1.30. The van der Waals surface area contributed by atoms with Gasteiger partial charge in [-0.05, 0) is 31.7 Å². The van der Waals surface area contributed by atoms with Crippen LogP contribution in [0.4, 0.5) is 5.69 Å². The molecule has 0 aliphatic heterocycles. The Bertz CT molecular complexity index is 632. The van der Waals surface area contributed by atoms with Gasteiger partial charge in [-0.25, -0.2) is 13.1 Å². The van der Waals surface area contributed by atoms with Crippen LogP contribution in [0.5, 0.6) is 0 Å². The summed E-state index contributed by atoms with van der Waals surface area (Å²) >= 11 is 0. The zero-order valence-electron chi connectivity index (χ0n) is 11.0. The summed E-state index contributed by atoms with van der Waals surface area (Å²) in [5.74, 6) is 0. The molecule has 0 heterocycles. The molecule has 0 spiro atoms. The molecule has 0 atom stereocenters. The largest absolute Gasteiger partial charge is 0.394 e. The average Bonchev–Trinajstić information content (AvgIpc) is 2.34. The number of aliphatic hydroxyl groups is 1. The lowest BCUT2D eigenvalue weighted by molar-refractivity contribution is -0.385. The van der Waals surface area contributed by atoms with E-state index >= 15 is 0 Å². The molecule has 0 unspecified atom stereocenters. The molecule has 0 amide bonds. The van der Waals surface area contributed by atoms with E-state index in [2.05, 4.69) is 4.72 Å². The van der Waals surface area contributed by atoms with Crippen LogP contribution in [0.3, 0.4) is 0 Å². The summed E-state index contributed by atoms with van der Waals surface area (Å²) in [5, 5.41) is 20.1. The molecule has 0 aromatic heterocycles. The molecule has 20 heavy (non-hydrogen) atoms. The van der Waals surface area contributed by atoms with Gasteiger partial charge in [0.1, 0.15) is 0 Å². The number of hydrogen-bond donors (Lipinski definition) is 2. The second-order valence-corrected chi connectivity index (χ2v) is 6.76. The van der Waals surface area contributed by atoms with Crippen LogP contribution >= 0.6 is 0 Å². The number of aliphatic hydroxyl groups excluding tert-OH is 1. The van der Waals surface area contributed by atoms with Crippen molar-refractivity contribution in [3.05, 3.63) is 33.9 Å². The third-order valence-corrected chi connectivity index (χ3v) is 5.36. The normalized spacial score (nSPS) is 17.5. The van der Waals surface area contributed by atoms with Crippen LogP contribution in [0.25, 0.3) is 0 Å². The van der Waals surface area contributed by atoms with Crippen molar-refractivity contribution in [1.29, 1.82) is 0 Å². The van der Waals surface area contributed by atoms with Crippen molar-refractivity contribution >= 4 is 15.7 Å². The van der Waals surface area contributed by atoms with E-state index in [1.165, 1.54) is 12.1 Å². The molecule has 1 fully saturated rings. The van der Waals surface area contributed by atoms with Crippen LogP contribution in [0.15, 0.2) is 23.1 Å². The van der Waals surface area contributed by atoms with Gasteiger partial charge >= 0.3 is 0 Å². The standard InChI is InChI=1S/C12H16N2O5S/c1-9-3-4-10(14(16)17)7-11(9)20(18,19)13-12(8-15)5-2-6-12/h3-4,7,13,15H,2,5-6,8H2,1H3. The highest BCUT2D eigenvalue weighted by Crippen LogP contribution is 2.33. The molecule has 1 saturated carbocycles. The van der Waals surface area contributed by atoms with Crippen molar-refractivity contribution in [3.63, 3.8) is 0 Å². The van der Waals surface area contributed by atoms with Crippen molar-refractivity contribution < 1.29 is 18.4 Å². The van der Waals surface area contributed by atoms with Crippen LogP contribution < -0.4 is 4.72 Å². The Hall–Kier alpha value is -1.51. The molecule has 110 valence electrons. The smallest absolute Gasteiger partial charge is 0.270 e. The van der Waals surface area contributed by atoms with Crippen LogP contribution in [-0.4, -0.2) is 30.6 Å². The van der Waals surface area contributed by atoms with Gasteiger partial charge in [0.15, 0.2) is 0 Å². The van der Waals surface area contributed by atoms with Crippen molar-refractivity contribution in [3.8, 4) is 0 Å². The molecule has 8 heteroatoms. The maximum atomic E-state index is 12.4. The number of hydrogen-bond acceptors (Lipinski definition) is 5. The quantitative estimate of drug-likeness (QED) is 0.625. The lowest BCUT2D eigenvalue weighted by Gasteiger charge is -2.40. The monoisotopic (exact) mass is 300 g/mol. The highest BCUT2D eigenvalue weighted by Gasteiger charge is 2.40. The molecule has 1 aromatic carbocycles. The van der Waals surface area contributed by atoms with Gasteiger partial charge in [0, 0.05) is 12.1 Å². The highest BCUT2D eigenvalue weighted by molar-refractivity contribution is 7.89. The highest BCUT2D eigenvalue weighted by atomic mass is 32.2. The second-order valence-electron chi connectivity index (χ2n) is 5.10. The van der Waals surface area contributed by atoms with Gasteiger partial charge < -0.3 is 5.11 Å². The Balaban J connectivity index is 2.38. The molecule has 1 aliphatic carbocycles. The van der Waals surface area contributed by atoms with E-state index in [4.69, 9.17) is 0 Å². The first-order chi connectivity index (χ1) is 9.30. The number of benzene rings is 1. The Morgan fingerprint density at radius 1 is 1.45 bits per heavy atom. The molecule has 2 rings (SSSR count). The van der Waals surface area contributed by atoms with E-state index in [9.17, 15) is 23.6 Å². The fraction of sp³-hybridized carbons (Fsp3) is 0.500. The summed E-state index contributed by atoms with van der Waals surface area (Å²) in [4.78, 5) is 10.00. The Labute approximate surface area is 116 Å². The number of sulfonamides is 1. The SMILES string of the molecule is Cc1ccc([N+](=O)[O-])cc1S(=O)(=O)NC1(CO)CCC1. The van der Waals surface area contributed by atoms with E-state index in [0.29, 0.717) is 18.4 Å². The van der Waals surface area contributed by atoms with Crippen molar-refractivity contribution in [1.82, 2.24) is 4.72 Å². The van der Waals surface area contributed by atoms with Crippen molar-refractivity contribution in [2.75, 3.05) is 6.61 Å². The average molecular weight is 300 g/mol. The van der Waals surface area contributed by atoms with Crippen molar-refractivity contribution in [2.24, 2.45) is 0 Å². The fourth-order valence-corrected chi connectivity index (χ4v) is 3.94. The summed E-state index contributed by atoms with van der Waals surface area (Å²) in [7, 11) is -3.89. The van der Waals surface area contributed by atoms with Gasteiger partial charge in [-0.15, -0.1) is 0 Å². The number of nitrogens with one attached hydrogen (secondary N) is 1. The van der Waals surface area contributed by atoms with E-state index in [1.54, 1.807) is 6.92 Å². The molecule has 1 aromatic rings. The fourth-order valence-electron chi connectivity index (χ4n) is 2.23. The van der Waals surface area contributed by atoms with Crippen LogP contribution in [0.2, 0.25) is 0 Å². The summed E-state index contributed by atoms with van der Waals surface area (Å²) < 4.78 is 27.2. The first-order valence-corrected chi connectivity index (χ1v) is 7.68. The molecule has 0 saturated heterocycles. The van der Waals surface area contributed by atoms with Crippen LogP contribution in [0, 0.1) is 17.0 Å². The maximum absolute atomic E-state index is 12.4. The Kier molecular flexibility index (Phi) is 3.81. The van der Waals surface area contributed by atoms with Gasteiger partial charge in [-0.3, -0.25) is 10.1 Å². The Morgan fingerprint density at radius 2 is 2.10 bits per heavy atom. The molecule has 7 nitrogen and oxygen atoms in total. The first kappa shape index (κ1) is 14.9. The minimum Gasteiger partial charge on any atom is -0.394 e. The van der Waals surface area contributed by atoms with Crippen molar-refractivity contribution in [2.45, 2.75) is 36.6 Å². The first-order valence-electron chi connectivity index (χ1n) is 6.20. The third kappa shape index (κ3) is 2.67. The molecule has 0 bridgehead atoms. The minimum atomic E-state index is -3.89. The topological polar surface area (TPSA) is 110 Å².